The van der Waals surface area contributed by atoms with E-state index in [9.17, 15) is 4.79 Å². The molecule has 0 aliphatic rings. The first-order valence-electron chi connectivity index (χ1n) is 9.26. The number of carbonyl (C=O) groups is 1. The molecule has 2 N–H and O–H groups in total. The first-order valence-corrected chi connectivity index (χ1v) is 9.67. The van der Waals surface area contributed by atoms with Gasteiger partial charge in [0.15, 0.2) is 10.7 Å². The van der Waals surface area contributed by atoms with E-state index in [-0.39, 0.29) is 11.0 Å². The van der Waals surface area contributed by atoms with Crippen LogP contribution in [0.15, 0.2) is 71.1 Å². The number of methoxy groups -OCH3 is 1. The summed E-state index contributed by atoms with van der Waals surface area (Å²) in [4.78, 5) is 16.9. The van der Waals surface area contributed by atoms with Gasteiger partial charge >= 0.3 is 0 Å². The van der Waals surface area contributed by atoms with Crippen molar-refractivity contribution in [3.63, 3.8) is 0 Å². The number of aryl methyl sites for hydroxylation is 1. The molecule has 0 atom stereocenters. The van der Waals surface area contributed by atoms with Crippen molar-refractivity contribution in [3.8, 4) is 17.2 Å². The lowest BCUT2D eigenvalue weighted by atomic mass is 10.1. The van der Waals surface area contributed by atoms with Gasteiger partial charge in [0.1, 0.15) is 11.3 Å². The van der Waals surface area contributed by atoms with Crippen molar-refractivity contribution >= 4 is 40.0 Å². The van der Waals surface area contributed by atoms with E-state index in [1.54, 1.807) is 19.2 Å². The summed E-state index contributed by atoms with van der Waals surface area (Å²) in [6.07, 6.45) is 0. The highest BCUT2D eigenvalue weighted by Crippen LogP contribution is 2.28. The number of nitrogens with one attached hydrogen (secondary N) is 2. The fourth-order valence-corrected chi connectivity index (χ4v) is 3.14. The van der Waals surface area contributed by atoms with Gasteiger partial charge in [-0.1, -0.05) is 23.8 Å². The number of aromatic nitrogens is 1. The number of fused-ring (bicyclic) bond motifs is 1. The Morgan fingerprint density at radius 3 is 2.63 bits per heavy atom. The zero-order valence-electron chi connectivity index (χ0n) is 16.4. The SMILES string of the molecule is COc1ccc2oc(-c3cccc(NC(=S)NC(=O)c4ccc(C)cc4)c3)nc2c1. The minimum atomic E-state index is -0.267. The van der Waals surface area contributed by atoms with E-state index >= 15 is 0 Å². The molecule has 0 saturated heterocycles. The Balaban J connectivity index is 1.48. The number of thiocarbonyl (C=S) groups is 1. The number of benzene rings is 3. The Bertz CT molecular complexity index is 1230. The predicted octanol–water partition coefficient (Wildman–Crippen LogP) is 4.94. The molecule has 30 heavy (non-hydrogen) atoms. The minimum Gasteiger partial charge on any atom is -0.497 e. The minimum absolute atomic E-state index is 0.208. The number of anilines is 1. The molecule has 4 rings (SSSR count). The van der Waals surface area contributed by atoms with Crippen molar-refractivity contribution in [2.75, 3.05) is 12.4 Å². The van der Waals surface area contributed by atoms with Gasteiger partial charge in [-0.25, -0.2) is 4.98 Å². The van der Waals surface area contributed by atoms with Crippen molar-refractivity contribution in [1.82, 2.24) is 10.3 Å². The lowest BCUT2D eigenvalue weighted by Gasteiger charge is -2.10. The van der Waals surface area contributed by atoms with Crippen LogP contribution in [0.3, 0.4) is 0 Å². The van der Waals surface area contributed by atoms with E-state index in [4.69, 9.17) is 21.4 Å². The Hall–Kier alpha value is -3.71. The van der Waals surface area contributed by atoms with E-state index in [2.05, 4.69) is 15.6 Å². The standard InChI is InChI=1S/C23H19N3O3S/c1-14-6-8-15(9-7-14)21(27)26-23(30)24-17-5-3-4-16(12-17)22-25-19-13-18(28-2)10-11-20(19)29-22/h3-13H,1-2H3,(H2,24,26,27,30). The fourth-order valence-electron chi connectivity index (χ4n) is 2.93. The van der Waals surface area contributed by atoms with Crippen LogP contribution >= 0.6 is 12.2 Å². The van der Waals surface area contributed by atoms with E-state index in [0.29, 0.717) is 34.0 Å². The van der Waals surface area contributed by atoms with Crippen LogP contribution in [-0.4, -0.2) is 23.1 Å². The molecule has 150 valence electrons. The average Bonchev–Trinajstić information content (AvgIpc) is 3.17. The molecule has 0 saturated carbocycles. The molecule has 0 radical (unpaired) electrons. The van der Waals surface area contributed by atoms with Crippen LogP contribution in [0.25, 0.3) is 22.6 Å². The summed E-state index contributed by atoms with van der Waals surface area (Å²) >= 11 is 5.28. The Morgan fingerprint density at radius 2 is 1.87 bits per heavy atom. The third-order valence-electron chi connectivity index (χ3n) is 4.50. The van der Waals surface area contributed by atoms with Crippen molar-refractivity contribution < 1.29 is 13.9 Å². The number of rotatable bonds is 4. The molecule has 1 heterocycles. The maximum Gasteiger partial charge on any atom is 0.257 e. The zero-order chi connectivity index (χ0) is 21.1. The number of nitrogens with zero attached hydrogens (tertiary/aromatic N) is 1. The average molecular weight is 417 g/mol. The van der Waals surface area contributed by atoms with Crippen molar-refractivity contribution in [3.05, 3.63) is 77.9 Å². The van der Waals surface area contributed by atoms with Gasteiger partial charge in [-0.3, -0.25) is 10.1 Å². The molecule has 0 aliphatic heterocycles. The van der Waals surface area contributed by atoms with Gasteiger partial charge in [0.2, 0.25) is 5.89 Å². The van der Waals surface area contributed by atoms with Crippen molar-refractivity contribution in [1.29, 1.82) is 0 Å². The summed E-state index contributed by atoms with van der Waals surface area (Å²) in [7, 11) is 1.61. The highest BCUT2D eigenvalue weighted by molar-refractivity contribution is 7.80. The normalized spacial score (nSPS) is 10.6. The number of amides is 1. The molecule has 0 spiro atoms. The molecule has 4 aromatic rings. The molecule has 0 unspecified atom stereocenters. The molecule has 1 amide bonds. The summed E-state index contributed by atoms with van der Waals surface area (Å²) in [5, 5.41) is 5.92. The van der Waals surface area contributed by atoms with Crippen molar-refractivity contribution in [2.45, 2.75) is 6.92 Å². The van der Waals surface area contributed by atoms with Crippen LogP contribution in [0.5, 0.6) is 5.75 Å². The number of oxazole rings is 1. The molecule has 3 aromatic carbocycles. The van der Waals surface area contributed by atoms with Crippen LogP contribution in [0, 0.1) is 6.92 Å². The Morgan fingerprint density at radius 1 is 1.07 bits per heavy atom. The van der Waals surface area contributed by atoms with Crippen LogP contribution in [0.2, 0.25) is 0 Å². The maximum absolute atomic E-state index is 12.3. The molecule has 0 bridgehead atoms. The van der Waals surface area contributed by atoms with Gasteiger partial charge < -0.3 is 14.5 Å². The third-order valence-corrected chi connectivity index (χ3v) is 4.71. The quantitative estimate of drug-likeness (QED) is 0.458. The van der Waals surface area contributed by atoms with E-state index in [0.717, 1.165) is 11.1 Å². The topological polar surface area (TPSA) is 76.4 Å². The van der Waals surface area contributed by atoms with Gasteiger partial charge in [-0.15, -0.1) is 0 Å². The summed E-state index contributed by atoms with van der Waals surface area (Å²) < 4.78 is 11.1. The first-order chi connectivity index (χ1) is 14.5. The summed E-state index contributed by atoms with van der Waals surface area (Å²) in [6.45, 7) is 1.97. The van der Waals surface area contributed by atoms with E-state index < -0.39 is 0 Å². The van der Waals surface area contributed by atoms with Gasteiger partial charge in [0, 0.05) is 22.9 Å². The second-order valence-electron chi connectivity index (χ2n) is 6.71. The molecule has 7 heteroatoms. The zero-order valence-corrected chi connectivity index (χ0v) is 17.2. The predicted molar refractivity (Wildman–Crippen MR) is 121 cm³/mol. The van der Waals surface area contributed by atoms with Crippen LogP contribution in [0.1, 0.15) is 15.9 Å². The molecule has 0 aliphatic carbocycles. The lowest BCUT2D eigenvalue weighted by Crippen LogP contribution is -2.34. The molecular formula is C23H19N3O3S. The first kappa shape index (κ1) is 19.6. The molecular weight excluding hydrogens is 398 g/mol. The Kier molecular flexibility index (Phi) is 5.45. The number of hydrogen-bond donors (Lipinski definition) is 2. The van der Waals surface area contributed by atoms with Crippen molar-refractivity contribution in [2.24, 2.45) is 0 Å². The second kappa shape index (κ2) is 8.34. The summed E-state index contributed by atoms with van der Waals surface area (Å²) in [5.74, 6) is 0.931. The molecule has 1 aromatic heterocycles. The van der Waals surface area contributed by atoms with Gasteiger partial charge in [-0.2, -0.15) is 0 Å². The van der Waals surface area contributed by atoms with Gasteiger partial charge in [-0.05, 0) is 61.6 Å². The summed E-state index contributed by atoms with van der Waals surface area (Å²) in [6, 6.07) is 20.2. The van der Waals surface area contributed by atoms with Gasteiger partial charge in [0.05, 0.1) is 7.11 Å². The highest BCUT2D eigenvalue weighted by atomic mass is 32.1. The van der Waals surface area contributed by atoms with Crippen LogP contribution in [0.4, 0.5) is 5.69 Å². The summed E-state index contributed by atoms with van der Waals surface area (Å²) in [5.41, 5.74) is 4.50. The van der Waals surface area contributed by atoms with Crippen LogP contribution in [-0.2, 0) is 0 Å². The lowest BCUT2D eigenvalue weighted by molar-refractivity contribution is 0.0977. The maximum atomic E-state index is 12.3. The molecule has 6 nitrogen and oxygen atoms in total. The monoisotopic (exact) mass is 417 g/mol. The number of carbonyl (C=O) groups excluding carboxylic acids is 1. The fraction of sp³-hybridized carbons (Fsp3) is 0.0870. The highest BCUT2D eigenvalue weighted by Gasteiger charge is 2.11. The third kappa shape index (κ3) is 4.31. The second-order valence-corrected chi connectivity index (χ2v) is 7.12. The smallest absolute Gasteiger partial charge is 0.257 e. The largest absolute Gasteiger partial charge is 0.497 e. The molecule has 0 fully saturated rings. The van der Waals surface area contributed by atoms with Crippen LogP contribution < -0.4 is 15.4 Å². The van der Waals surface area contributed by atoms with E-state index in [1.807, 2.05) is 61.5 Å². The number of ether oxygens (including phenoxy) is 1. The van der Waals surface area contributed by atoms with Gasteiger partial charge in [0.25, 0.3) is 5.91 Å². The van der Waals surface area contributed by atoms with E-state index in [1.165, 1.54) is 0 Å². The Labute approximate surface area is 178 Å². The number of hydrogen-bond acceptors (Lipinski definition) is 5.